The second-order valence-electron chi connectivity index (χ2n) is 4.89. The number of benzene rings is 2. The van der Waals surface area contributed by atoms with Crippen LogP contribution in [0.3, 0.4) is 0 Å². The van der Waals surface area contributed by atoms with Crippen LogP contribution in [0, 0.1) is 6.92 Å². The third-order valence-electron chi connectivity index (χ3n) is 2.97. The molecule has 4 N–H and O–H groups in total. The van der Waals surface area contributed by atoms with E-state index in [1.807, 2.05) is 6.92 Å². The predicted molar refractivity (Wildman–Crippen MR) is 85.5 cm³/mol. The van der Waals surface area contributed by atoms with Gasteiger partial charge in [-0.2, -0.15) is 0 Å². The molecule has 0 aliphatic rings. The molecule has 2 rings (SSSR count). The number of hydrogen-bond donors (Lipinski definition) is 4. The van der Waals surface area contributed by atoms with Crippen molar-refractivity contribution in [3.8, 4) is 0 Å². The number of aryl methyl sites for hydroxylation is 1. The minimum Gasteiger partial charge on any atom is -0.478 e. The smallest absolute Gasteiger partial charge is 0.335 e. The average molecular weight is 346 g/mol. The monoisotopic (exact) mass is 346 g/mol. The first-order valence-electron chi connectivity index (χ1n) is 6.76. The third kappa shape index (κ3) is 5.79. The molecule has 0 saturated carbocycles. The summed E-state index contributed by atoms with van der Waals surface area (Å²) in [5.41, 5.74) is 0.308. The first kappa shape index (κ1) is 19.4. The molecule has 0 aromatic heterocycles. The van der Waals surface area contributed by atoms with Crippen LogP contribution in [0.15, 0.2) is 42.5 Å². The summed E-state index contributed by atoms with van der Waals surface area (Å²) in [4.78, 5) is 42.0. The molecule has 130 valence electrons. The molecular formula is C17H14O8. The molecule has 0 bridgehead atoms. The van der Waals surface area contributed by atoms with Crippen molar-refractivity contribution in [1.82, 2.24) is 0 Å². The van der Waals surface area contributed by atoms with Gasteiger partial charge in [-0.05, 0) is 37.3 Å². The van der Waals surface area contributed by atoms with E-state index in [0.717, 1.165) is 23.8 Å². The fourth-order valence-electron chi connectivity index (χ4n) is 1.69. The summed E-state index contributed by atoms with van der Waals surface area (Å²) < 4.78 is 0. The molecule has 2 aromatic rings. The summed E-state index contributed by atoms with van der Waals surface area (Å²) in [6.45, 7) is 1.92. The Hall–Kier alpha value is -3.68. The highest BCUT2D eigenvalue weighted by Gasteiger charge is 2.14. The van der Waals surface area contributed by atoms with Crippen molar-refractivity contribution in [2.75, 3.05) is 0 Å². The Morgan fingerprint density at radius 1 is 0.560 bits per heavy atom. The zero-order valence-corrected chi connectivity index (χ0v) is 13.0. The fourth-order valence-corrected chi connectivity index (χ4v) is 1.69. The van der Waals surface area contributed by atoms with Crippen LogP contribution in [0.5, 0.6) is 0 Å². The van der Waals surface area contributed by atoms with Crippen LogP contribution in [0.25, 0.3) is 0 Å². The van der Waals surface area contributed by atoms with Crippen LogP contribution in [0.4, 0.5) is 0 Å². The van der Waals surface area contributed by atoms with E-state index in [9.17, 15) is 19.2 Å². The van der Waals surface area contributed by atoms with Gasteiger partial charge in [-0.1, -0.05) is 17.7 Å². The molecule has 0 aliphatic carbocycles. The van der Waals surface area contributed by atoms with Crippen molar-refractivity contribution >= 4 is 23.9 Å². The van der Waals surface area contributed by atoms with Gasteiger partial charge in [0.05, 0.1) is 22.3 Å². The maximum atomic E-state index is 10.6. The standard InChI is InChI=1S/C9H6O6.C8H8O2/c10-7(11)4-1-5(8(12)13)3-6(2-4)9(14)15;1-6-2-4-7(5-3-6)8(9)10/h1-3H,(H,10,11)(H,12,13)(H,14,15);2-5H,1H3,(H,9,10). The SMILES string of the molecule is Cc1ccc(C(=O)O)cc1.O=C(O)c1cc(C(=O)O)cc(C(=O)O)c1. The van der Waals surface area contributed by atoms with E-state index in [0.29, 0.717) is 5.56 Å². The summed E-state index contributed by atoms with van der Waals surface area (Å²) in [7, 11) is 0. The number of hydrogen-bond acceptors (Lipinski definition) is 4. The lowest BCUT2D eigenvalue weighted by molar-refractivity contribution is 0.0679. The zero-order valence-electron chi connectivity index (χ0n) is 13.0. The summed E-state index contributed by atoms with van der Waals surface area (Å²) in [6.07, 6.45) is 0. The molecule has 0 heterocycles. The van der Waals surface area contributed by atoms with E-state index in [1.54, 1.807) is 24.3 Å². The lowest BCUT2D eigenvalue weighted by Gasteiger charge is -2.00. The van der Waals surface area contributed by atoms with Crippen LogP contribution in [-0.4, -0.2) is 44.3 Å². The number of carbonyl (C=O) groups is 4. The van der Waals surface area contributed by atoms with Crippen molar-refractivity contribution in [3.05, 3.63) is 70.3 Å². The number of aromatic carboxylic acids is 4. The van der Waals surface area contributed by atoms with Gasteiger partial charge in [-0.15, -0.1) is 0 Å². The van der Waals surface area contributed by atoms with Gasteiger partial charge in [0, 0.05) is 0 Å². The molecule has 0 saturated heterocycles. The van der Waals surface area contributed by atoms with E-state index in [4.69, 9.17) is 20.4 Å². The summed E-state index contributed by atoms with van der Waals surface area (Å²) in [5.74, 6) is -5.00. The van der Waals surface area contributed by atoms with Crippen molar-refractivity contribution < 1.29 is 39.6 Å². The van der Waals surface area contributed by atoms with E-state index >= 15 is 0 Å². The molecule has 8 heteroatoms. The second-order valence-corrected chi connectivity index (χ2v) is 4.89. The second kappa shape index (κ2) is 8.25. The molecule has 0 aliphatic heterocycles. The minimum atomic E-state index is -1.37. The van der Waals surface area contributed by atoms with Crippen molar-refractivity contribution in [3.63, 3.8) is 0 Å². The first-order valence-corrected chi connectivity index (χ1v) is 6.76. The highest BCUT2D eigenvalue weighted by atomic mass is 16.4. The summed E-state index contributed by atoms with van der Waals surface area (Å²) in [5, 5.41) is 34.3. The molecule has 8 nitrogen and oxygen atoms in total. The van der Waals surface area contributed by atoms with Crippen LogP contribution < -0.4 is 0 Å². The van der Waals surface area contributed by atoms with Gasteiger partial charge in [0.2, 0.25) is 0 Å². The quantitative estimate of drug-likeness (QED) is 0.659. The van der Waals surface area contributed by atoms with E-state index in [1.165, 1.54) is 0 Å². The molecule has 2 aromatic carbocycles. The summed E-state index contributed by atoms with van der Waals surface area (Å²) in [6, 6.07) is 9.45. The topological polar surface area (TPSA) is 149 Å². The molecule has 0 radical (unpaired) electrons. The Labute approximate surface area is 141 Å². The van der Waals surface area contributed by atoms with Crippen molar-refractivity contribution in [1.29, 1.82) is 0 Å². The van der Waals surface area contributed by atoms with Gasteiger partial charge in [0.15, 0.2) is 0 Å². The predicted octanol–water partition coefficient (Wildman–Crippen LogP) is 2.47. The van der Waals surface area contributed by atoms with E-state index in [2.05, 4.69) is 0 Å². The highest BCUT2D eigenvalue weighted by molar-refractivity contribution is 5.98. The van der Waals surface area contributed by atoms with Crippen molar-refractivity contribution in [2.24, 2.45) is 0 Å². The molecule has 0 spiro atoms. The molecule has 0 unspecified atom stereocenters. The van der Waals surface area contributed by atoms with Gasteiger partial charge >= 0.3 is 23.9 Å². The molecule has 0 atom stereocenters. The highest BCUT2D eigenvalue weighted by Crippen LogP contribution is 2.11. The molecule has 25 heavy (non-hydrogen) atoms. The number of carboxylic acids is 4. The van der Waals surface area contributed by atoms with Gasteiger partial charge < -0.3 is 20.4 Å². The zero-order chi connectivity index (χ0) is 19.1. The molecule has 0 amide bonds. The van der Waals surface area contributed by atoms with Gasteiger partial charge in [-0.3, -0.25) is 0 Å². The first-order chi connectivity index (χ1) is 11.6. The Balaban J connectivity index is 0.000000271. The van der Waals surface area contributed by atoms with Crippen LogP contribution in [-0.2, 0) is 0 Å². The lowest BCUT2D eigenvalue weighted by Crippen LogP contribution is -2.07. The average Bonchev–Trinajstić information content (AvgIpc) is 2.55. The molecular weight excluding hydrogens is 332 g/mol. The maximum absolute atomic E-state index is 10.6. The maximum Gasteiger partial charge on any atom is 0.335 e. The van der Waals surface area contributed by atoms with Gasteiger partial charge in [0.25, 0.3) is 0 Å². The Bertz CT molecular complexity index is 742. The Morgan fingerprint density at radius 2 is 0.840 bits per heavy atom. The normalized spacial score (nSPS) is 9.48. The Kier molecular flexibility index (Phi) is 6.39. The van der Waals surface area contributed by atoms with Crippen LogP contribution in [0.1, 0.15) is 47.0 Å². The van der Waals surface area contributed by atoms with Gasteiger partial charge in [-0.25, -0.2) is 19.2 Å². The van der Waals surface area contributed by atoms with Crippen LogP contribution in [0.2, 0.25) is 0 Å². The van der Waals surface area contributed by atoms with E-state index < -0.39 is 23.9 Å². The summed E-state index contributed by atoms with van der Waals surface area (Å²) >= 11 is 0. The largest absolute Gasteiger partial charge is 0.478 e. The molecule has 0 fully saturated rings. The fraction of sp³-hybridized carbons (Fsp3) is 0.0588. The van der Waals surface area contributed by atoms with Gasteiger partial charge in [0.1, 0.15) is 0 Å². The minimum absolute atomic E-state index is 0.339. The third-order valence-corrected chi connectivity index (χ3v) is 2.97. The lowest BCUT2D eigenvalue weighted by atomic mass is 10.1. The van der Waals surface area contributed by atoms with E-state index in [-0.39, 0.29) is 16.7 Å². The Morgan fingerprint density at radius 3 is 1.08 bits per heavy atom. The van der Waals surface area contributed by atoms with Crippen molar-refractivity contribution in [2.45, 2.75) is 6.92 Å². The van der Waals surface area contributed by atoms with Crippen LogP contribution >= 0.6 is 0 Å². The number of rotatable bonds is 4. The number of carboxylic acid groups (broad SMARTS) is 4.